The normalized spacial score (nSPS) is 20.6. The summed E-state index contributed by atoms with van der Waals surface area (Å²) in [6.45, 7) is 0.358. The van der Waals surface area contributed by atoms with E-state index in [2.05, 4.69) is 21.0 Å². The zero-order valence-electron chi connectivity index (χ0n) is 15.0. The minimum atomic E-state index is -0.216. The maximum absolute atomic E-state index is 12.1. The molecule has 0 aliphatic heterocycles. The van der Waals surface area contributed by atoms with E-state index in [4.69, 9.17) is 0 Å². The summed E-state index contributed by atoms with van der Waals surface area (Å²) in [5.41, 5.74) is 2.31. The molecule has 3 N–H and O–H groups in total. The molecule has 0 spiro atoms. The Kier molecular flexibility index (Phi) is 5.94. The molecule has 1 atom stereocenters. The molecule has 0 radical (unpaired) electrons. The Balaban J connectivity index is 1.38. The average Bonchev–Trinajstić information content (AvgIpc) is 2.98. The number of carbonyl (C=O) groups excluding carboxylic acids is 2. The molecule has 1 saturated carbocycles. The van der Waals surface area contributed by atoms with Crippen LogP contribution in [0.25, 0.3) is 0 Å². The molecule has 3 amide bonds. The standard InChI is InChI=1S/C18H29N5O2/c1-23-16-9-5-8-15(14(16)12-20-23)22-18(25)19-11-10-17(24)21-13-6-3-2-4-7-13/h12-13,15H,2-11H2,1H3,(H,21,24)(H2,19,22,25). The van der Waals surface area contributed by atoms with Gasteiger partial charge in [0.25, 0.3) is 0 Å². The highest BCUT2D eigenvalue weighted by molar-refractivity contribution is 5.78. The lowest BCUT2D eigenvalue weighted by atomic mass is 9.93. The van der Waals surface area contributed by atoms with Gasteiger partial charge < -0.3 is 16.0 Å². The summed E-state index contributed by atoms with van der Waals surface area (Å²) in [4.78, 5) is 24.1. The van der Waals surface area contributed by atoms with Crippen LogP contribution in [0.2, 0.25) is 0 Å². The van der Waals surface area contributed by atoms with Crippen molar-refractivity contribution in [2.24, 2.45) is 7.05 Å². The second-order valence-corrected chi connectivity index (χ2v) is 7.17. The molecule has 138 valence electrons. The maximum Gasteiger partial charge on any atom is 0.315 e. The van der Waals surface area contributed by atoms with Crippen LogP contribution < -0.4 is 16.0 Å². The van der Waals surface area contributed by atoms with E-state index in [1.807, 2.05) is 17.9 Å². The van der Waals surface area contributed by atoms with Crippen molar-refractivity contribution in [3.63, 3.8) is 0 Å². The van der Waals surface area contributed by atoms with Gasteiger partial charge in [0.05, 0.1) is 12.2 Å². The van der Waals surface area contributed by atoms with Crippen LogP contribution in [-0.2, 0) is 18.3 Å². The number of fused-ring (bicyclic) bond motifs is 1. The van der Waals surface area contributed by atoms with Gasteiger partial charge in [-0.2, -0.15) is 5.10 Å². The molecule has 1 fully saturated rings. The van der Waals surface area contributed by atoms with E-state index in [1.54, 1.807) is 0 Å². The van der Waals surface area contributed by atoms with Crippen LogP contribution in [0, 0.1) is 0 Å². The zero-order valence-corrected chi connectivity index (χ0v) is 15.0. The van der Waals surface area contributed by atoms with Crippen LogP contribution in [0.3, 0.4) is 0 Å². The Bertz CT molecular complexity index is 607. The number of amides is 3. The van der Waals surface area contributed by atoms with Crippen LogP contribution in [0.15, 0.2) is 6.20 Å². The van der Waals surface area contributed by atoms with Crippen molar-refractivity contribution in [2.45, 2.75) is 69.9 Å². The molecule has 25 heavy (non-hydrogen) atoms. The van der Waals surface area contributed by atoms with E-state index in [0.29, 0.717) is 19.0 Å². The number of aromatic nitrogens is 2. The van der Waals surface area contributed by atoms with Crippen LogP contribution >= 0.6 is 0 Å². The third kappa shape index (κ3) is 4.74. The quantitative estimate of drug-likeness (QED) is 0.760. The summed E-state index contributed by atoms with van der Waals surface area (Å²) in [5.74, 6) is 0.0272. The summed E-state index contributed by atoms with van der Waals surface area (Å²) in [5, 5.41) is 13.2. The molecule has 0 bridgehead atoms. The Morgan fingerprint density at radius 2 is 1.96 bits per heavy atom. The first-order valence-corrected chi connectivity index (χ1v) is 9.48. The highest BCUT2D eigenvalue weighted by Crippen LogP contribution is 2.28. The minimum Gasteiger partial charge on any atom is -0.353 e. The lowest BCUT2D eigenvalue weighted by Gasteiger charge is -2.24. The van der Waals surface area contributed by atoms with E-state index >= 15 is 0 Å². The molecule has 1 unspecified atom stereocenters. The van der Waals surface area contributed by atoms with Gasteiger partial charge in [-0.25, -0.2) is 4.79 Å². The van der Waals surface area contributed by atoms with E-state index < -0.39 is 0 Å². The Hall–Kier alpha value is -2.05. The molecule has 3 rings (SSSR count). The number of nitrogens with zero attached hydrogens (tertiary/aromatic N) is 2. The van der Waals surface area contributed by atoms with Gasteiger partial charge in [-0.15, -0.1) is 0 Å². The second-order valence-electron chi connectivity index (χ2n) is 7.17. The van der Waals surface area contributed by atoms with Crippen molar-refractivity contribution in [2.75, 3.05) is 6.54 Å². The summed E-state index contributed by atoms with van der Waals surface area (Å²) < 4.78 is 1.89. The number of rotatable bonds is 5. The third-order valence-corrected chi connectivity index (χ3v) is 5.29. The van der Waals surface area contributed by atoms with Crippen molar-refractivity contribution in [3.8, 4) is 0 Å². The first-order valence-electron chi connectivity index (χ1n) is 9.48. The highest BCUT2D eigenvalue weighted by atomic mass is 16.2. The van der Waals surface area contributed by atoms with Crippen molar-refractivity contribution in [1.82, 2.24) is 25.7 Å². The molecule has 7 heteroatoms. The van der Waals surface area contributed by atoms with Crippen molar-refractivity contribution in [3.05, 3.63) is 17.5 Å². The number of hydrogen-bond acceptors (Lipinski definition) is 3. The third-order valence-electron chi connectivity index (χ3n) is 5.29. The van der Waals surface area contributed by atoms with Gasteiger partial charge in [-0.1, -0.05) is 19.3 Å². The van der Waals surface area contributed by atoms with Gasteiger partial charge in [0, 0.05) is 37.3 Å². The van der Waals surface area contributed by atoms with Crippen LogP contribution in [0.5, 0.6) is 0 Å². The highest BCUT2D eigenvalue weighted by Gasteiger charge is 2.24. The smallest absolute Gasteiger partial charge is 0.315 e. The molecule has 7 nitrogen and oxygen atoms in total. The predicted molar refractivity (Wildman–Crippen MR) is 95.1 cm³/mol. The van der Waals surface area contributed by atoms with Gasteiger partial charge in [0.2, 0.25) is 5.91 Å². The monoisotopic (exact) mass is 347 g/mol. The fraction of sp³-hybridized carbons (Fsp3) is 0.722. The maximum atomic E-state index is 12.1. The lowest BCUT2D eigenvalue weighted by molar-refractivity contribution is -0.121. The first kappa shape index (κ1) is 17.8. The van der Waals surface area contributed by atoms with Gasteiger partial charge in [0.1, 0.15) is 0 Å². The fourth-order valence-corrected chi connectivity index (χ4v) is 3.90. The lowest BCUT2D eigenvalue weighted by Crippen LogP contribution is -2.42. The van der Waals surface area contributed by atoms with Gasteiger partial charge in [0.15, 0.2) is 0 Å². The van der Waals surface area contributed by atoms with Crippen LogP contribution in [0.4, 0.5) is 4.79 Å². The number of carbonyl (C=O) groups is 2. The molecule has 2 aliphatic carbocycles. The molecule has 0 saturated heterocycles. The van der Waals surface area contributed by atoms with Crippen LogP contribution in [-0.4, -0.2) is 34.3 Å². The number of aryl methyl sites for hydroxylation is 1. The van der Waals surface area contributed by atoms with Gasteiger partial charge in [-0.3, -0.25) is 9.48 Å². The Labute approximate surface area is 148 Å². The van der Waals surface area contributed by atoms with Crippen molar-refractivity contribution < 1.29 is 9.59 Å². The van der Waals surface area contributed by atoms with E-state index in [1.165, 1.54) is 25.0 Å². The second kappa shape index (κ2) is 8.36. The molecule has 2 aliphatic rings. The Morgan fingerprint density at radius 3 is 2.76 bits per heavy atom. The van der Waals surface area contributed by atoms with E-state index in [0.717, 1.165) is 37.7 Å². The number of nitrogens with one attached hydrogen (secondary N) is 3. The molecule has 1 aromatic heterocycles. The summed E-state index contributed by atoms with van der Waals surface area (Å²) >= 11 is 0. The minimum absolute atomic E-state index is 0.00788. The fourth-order valence-electron chi connectivity index (χ4n) is 3.90. The molecular weight excluding hydrogens is 318 g/mol. The van der Waals surface area contributed by atoms with E-state index in [-0.39, 0.29) is 18.0 Å². The Morgan fingerprint density at radius 1 is 1.16 bits per heavy atom. The van der Waals surface area contributed by atoms with Crippen molar-refractivity contribution in [1.29, 1.82) is 0 Å². The summed E-state index contributed by atoms with van der Waals surface area (Å²) in [6.07, 6.45) is 11.0. The number of hydrogen-bond donors (Lipinski definition) is 3. The van der Waals surface area contributed by atoms with E-state index in [9.17, 15) is 9.59 Å². The molecule has 0 aromatic carbocycles. The predicted octanol–water partition coefficient (Wildman–Crippen LogP) is 1.94. The SMILES string of the molecule is Cn1ncc2c1CCCC2NC(=O)NCCC(=O)NC1CCCCC1. The molecular formula is C18H29N5O2. The average molecular weight is 347 g/mol. The van der Waals surface area contributed by atoms with Crippen molar-refractivity contribution >= 4 is 11.9 Å². The first-order chi connectivity index (χ1) is 12.1. The largest absolute Gasteiger partial charge is 0.353 e. The summed E-state index contributed by atoms with van der Waals surface area (Å²) in [7, 11) is 1.94. The molecule has 1 heterocycles. The van der Waals surface area contributed by atoms with Gasteiger partial charge in [-0.05, 0) is 32.1 Å². The summed E-state index contributed by atoms with van der Waals surface area (Å²) in [6, 6.07) is 0.113. The molecule has 1 aromatic rings. The zero-order chi connectivity index (χ0) is 17.6. The van der Waals surface area contributed by atoms with Gasteiger partial charge >= 0.3 is 6.03 Å². The topological polar surface area (TPSA) is 88.1 Å². The number of urea groups is 1. The van der Waals surface area contributed by atoms with Crippen LogP contribution in [0.1, 0.15) is 68.7 Å².